The zero-order valence-corrected chi connectivity index (χ0v) is 10.9. The fourth-order valence-corrected chi connectivity index (χ4v) is 2.12. The van der Waals surface area contributed by atoms with Gasteiger partial charge in [0.1, 0.15) is 0 Å². The van der Waals surface area contributed by atoms with Crippen molar-refractivity contribution in [3.05, 3.63) is 65.5 Å². The second-order valence-corrected chi connectivity index (χ2v) is 4.60. The maximum Gasteiger partial charge on any atom is 0.0909 e. The Bertz CT molecular complexity index is 648. The van der Waals surface area contributed by atoms with E-state index in [1.807, 2.05) is 48.6 Å². The van der Waals surface area contributed by atoms with Crippen LogP contribution in [0.1, 0.15) is 5.69 Å². The lowest BCUT2D eigenvalue weighted by molar-refractivity contribution is 0.981. The Hall–Kier alpha value is -2.13. The van der Waals surface area contributed by atoms with Crippen LogP contribution in [-0.2, 0) is 0 Å². The molecular formula is C15H12ClN3. The molecule has 3 nitrogen and oxygen atoms in total. The van der Waals surface area contributed by atoms with Crippen molar-refractivity contribution in [1.82, 2.24) is 15.3 Å². The molecular weight excluding hydrogens is 258 g/mol. The molecule has 19 heavy (non-hydrogen) atoms. The van der Waals surface area contributed by atoms with E-state index in [2.05, 4.69) is 15.3 Å². The molecule has 1 aliphatic rings. The fourth-order valence-electron chi connectivity index (χ4n) is 1.92. The van der Waals surface area contributed by atoms with E-state index >= 15 is 0 Å². The van der Waals surface area contributed by atoms with Gasteiger partial charge in [-0.15, -0.1) is 0 Å². The summed E-state index contributed by atoms with van der Waals surface area (Å²) in [6, 6.07) is 9.42. The van der Waals surface area contributed by atoms with Gasteiger partial charge in [-0.1, -0.05) is 29.8 Å². The summed E-state index contributed by atoms with van der Waals surface area (Å²) >= 11 is 6.18. The minimum atomic E-state index is 0.655. The molecule has 2 aromatic rings. The van der Waals surface area contributed by atoms with E-state index < -0.39 is 0 Å². The molecule has 0 amide bonds. The maximum absolute atomic E-state index is 6.18. The summed E-state index contributed by atoms with van der Waals surface area (Å²) in [5, 5.41) is 3.93. The molecule has 0 aromatic carbocycles. The predicted octanol–water partition coefficient (Wildman–Crippen LogP) is 3.30. The molecule has 0 aliphatic carbocycles. The predicted molar refractivity (Wildman–Crippen MR) is 77.6 cm³/mol. The molecule has 2 aromatic heterocycles. The molecule has 0 spiro atoms. The molecule has 4 heteroatoms. The van der Waals surface area contributed by atoms with Crippen molar-refractivity contribution in [2.24, 2.45) is 0 Å². The van der Waals surface area contributed by atoms with Crippen molar-refractivity contribution in [3.63, 3.8) is 0 Å². The van der Waals surface area contributed by atoms with Gasteiger partial charge in [0, 0.05) is 17.8 Å². The summed E-state index contributed by atoms with van der Waals surface area (Å²) in [6.07, 6.45) is 7.80. The quantitative estimate of drug-likeness (QED) is 0.909. The van der Waals surface area contributed by atoms with Gasteiger partial charge in [-0.25, -0.2) is 4.98 Å². The summed E-state index contributed by atoms with van der Waals surface area (Å²) in [7, 11) is 0. The van der Waals surface area contributed by atoms with Gasteiger partial charge >= 0.3 is 0 Å². The van der Waals surface area contributed by atoms with Crippen LogP contribution >= 0.6 is 11.6 Å². The largest absolute Gasteiger partial charge is 0.380 e. The Balaban J connectivity index is 2.06. The first-order chi connectivity index (χ1) is 9.33. The van der Waals surface area contributed by atoms with Gasteiger partial charge in [-0.2, -0.15) is 0 Å². The highest BCUT2D eigenvalue weighted by atomic mass is 35.5. The molecule has 3 rings (SSSR count). The highest BCUT2D eigenvalue weighted by molar-refractivity contribution is 6.31. The van der Waals surface area contributed by atoms with Gasteiger partial charge in [0.2, 0.25) is 0 Å². The number of pyridine rings is 2. The molecule has 1 aliphatic heterocycles. The van der Waals surface area contributed by atoms with Crippen molar-refractivity contribution < 1.29 is 0 Å². The Labute approximate surface area is 116 Å². The summed E-state index contributed by atoms with van der Waals surface area (Å²) < 4.78 is 0. The van der Waals surface area contributed by atoms with Crippen LogP contribution in [0.3, 0.4) is 0 Å². The third-order valence-corrected chi connectivity index (χ3v) is 3.02. The number of hydrogen-bond donors (Lipinski definition) is 1. The Morgan fingerprint density at radius 1 is 1.11 bits per heavy atom. The lowest BCUT2D eigenvalue weighted by atomic mass is 10.2. The summed E-state index contributed by atoms with van der Waals surface area (Å²) in [4.78, 5) is 8.92. The van der Waals surface area contributed by atoms with Crippen molar-refractivity contribution >= 4 is 17.3 Å². The monoisotopic (exact) mass is 269 g/mol. The zero-order chi connectivity index (χ0) is 13.1. The molecule has 1 N–H and O–H groups in total. The van der Waals surface area contributed by atoms with Crippen LogP contribution in [0.5, 0.6) is 0 Å². The number of nitrogens with zero attached hydrogens (tertiary/aromatic N) is 2. The van der Waals surface area contributed by atoms with Crippen LogP contribution in [0.4, 0.5) is 0 Å². The molecule has 3 heterocycles. The van der Waals surface area contributed by atoms with Crippen molar-refractivity contribution in [2.45, 2.75) is 0 Å². The molecule has 0 saturated carbocycles. The first-order valence-electron chi connectivity index (χ1n) is 6.03. The van der Waals surface area contributed by atoms with Gasteiger partial charge in [0.25, 0.3) is 0 Å². The van der Waals surface area contributed by atoms with Crippen molar-refractivity contribution in [1.29, 1.82) is 0 Å². The van der Waals surface area contributed by atoms with E-state index in [0.29, 0.717) is 5.02 Å². The number of nitrogens with one attached hydrogen (secondary N) is 1. The number of rotatable bonds is 2. The maximum atomic E-state index is 6.18. The van der Waals surface area contributed by atoms with Gasteiger partial charge in [-0.05, 0) is 30.3 Å². The van der Waals surface area contributed by atoms with Gasteiger partial charge in [0.15, 0.2) is 0 Å². The Kier molecular flexibility index (Phi) is 3.29. The van der Waals surface area contributed by atoms with Gasteiger partial charge < -0.3 is 5.32 Å². The number of halogens is 1. The average Bonchev–Trinajstić information content (AvgIpc) is 2.48. The molecule has 0 fully saturated rings. The van der Waals surface area contributed by atoms with E-state index in [0.717, 1.165) is 29.3 Å². The highest BCUT2D eigenvalue weighted by Crippen LogP contribution is 2.23. The number of dihydropyridines is 1. The van der Waals surface area contributed by atoms with Crippen LogP contribution in [0, 0.1) is 0 Å². The fraction of sp³-hybridized carbons (Fsp3) is 0.0667. The number of aromatic nitrogens is 2. The van der Waals surface area contributed by atoms with Crippen LogP contribution in [-0.4, -0.2) is 16.5 Å². The summed E-state index contributed by atoms with van der Waals surface area (Å²) in [5.41, 5.74) is 3.40. The minimum absolute atomic E-state index is 0.655. The SMILES string of the molecule is Clc1cc(C2=CC=CCN2)nc(-c2ccccn2)c1. The highest BCUT2D eigenvalue weighted by Gasteiger charge is 2.09. The third-order valence-electron chi connectivity index (χ3n) is 2.80. The molecule has 0 unspecified atom stereocenters. The van der Waals surface area contributed by atoms with E-state index in [1.165, 1.54) is 0 Å². The van der Waals surface area contributed by atoms with Gasteiger partial charge in [0.05, 0.1) is 22.8 Å². The van der Waals surface area contributed by atoms with E-state index in [1.54, 1.807) is 6.20 Å². The first kappa shape index (κ1) is 11.9. The lowest BCUT2D eigenvalue weighted by Crippen LogP contribution is -2.15. The molecule has 0 radical (unpaired) electrons. The van der Waals surface area contributed by atoms with E-state index in [-0.39, 0.29) is 0 Å². The molecule has 0 saturated heterocycles. The number of hydrogen-bond acceptors (Lipinski definition) is 3. The molecule has 0 atom stereocenters. The minimum Gasteiger partial charge on any atom is -0.380 e. The molecule has 94 valence electrons. The lowest BCUT2D eigenvalue weighted by Gasteiger charge is -2.12. The molecule has 0 bridgehead atoms. The van der Waals surface area contributed by atoms with Crippen molar-refractivity contribution in [2.75, 3.05) is 6.54 Å². The zero-order valence-electron chi connectivity index (χ0n) is 10.2. The summed E-state index contributed by atoms with van der Waals surface area (Å²) in [6.45, 7) is 0.805. The second-order valence-electron chi connectivity index (χ2n) is 4.16. The number of allylic oxidation sites excluding steroid dienone is 2. The standard InChI is InChI=1S/C15H12ClN3/c16-11-9-14(12-5-1-3-7-17-12)19-15(10-11)13-6-2-4-8-18-13/h1-7,9-10,18H,8H2. The van der Waals surface area contributed by atoms with Crippen LogP contribution in [0.2, 0.25) is 5.02 Å². The Morgan fingerprint density at radius 2 is 2.00 bits per heavy atom. The first-order valence-corrected chi connectivity index (χ1v) is 6.41. The second kappa shape index (κ2) is 5.24. The topological polar surface area (TPSA) is 37.8 Å². The van der Waals surface area contributed by atoms with Crippen LogP contribution in [0.15, 0.2) is 54.8 Å². The Morgan fingerprint density at radius 3 is 2.74 bits per heavy atom. The van der Waals surface area contributed by atoms with Crippen molar-refractivity contribution in [3.8, 4) is 11.4 Å². The third kappa shape index (κ3) is 2.66. The normalized spacial score (nSPS) is 13.8. The summed E-state index contributed by atoms with van der Waals surface area (Å²) in [5.74, 6) is 0. The van der Waals surface area contributed by atoms with Crippen LogP contribution in [0.25, 0.3) is 17.1 Å². The smallest absolute Gasteiger partial charge is 0.0909 e. The van der Waals surface area contributed by atoms with Gasteiger partial charge in [-0.3, -0.25) is 4.98 Å². The van der Waals surface area contributed by atoms with E-state index in [4.69, 9.17) is 11.6 Å². The van der Waals surface area contributed by atoms with Crippen LogP contribution < -0.4 is 5.32 Å². The van der Waals surface area contributed by atoms with E-state index in [9.17, 15) is 0 Å². The average molecular weight is 270 g/mol.